The van der Waals surface area contributed by atoms with Crippen LogP contribution in [0.2, 0.25) is 0 Å². The molecule has 6 heteroatoms. The van der Waals surface area contributed by atoms with Gasteiger partial charge >= 0.3 is 0 Å². The standard InChI is InChI=1S/C19H24N4O2/c20-19(25)16-2-1-9-23(13-16)12-14-3-5-17(6-4-14)22-11-15-7-8-21-18(24)10-15/h3-8,10,16,22H,1-2,9,11-13H2,(H2,20,25)(H,21,24)/t16-/m1/s1. The number of piperidine rings is 1. The van der Waals surface area contributed by atoms with Crippen molar-refractivity contribution in [2.24, 2.45) is 11.7 Å². The number of hydrogen-bond donors (Lipinski definition) is 3. The summed E-state index contributed by atoms with van der Waals surface area (Å²) in [5.74, 6) is -0.215. The van der Waals surface area contributed by atoms with E-state index < -0.39 is 0 Å². The number of nitrogens with two attached hydrogens (primary N) is 1. The molecule has 1 amide bonds. The van der Waals surface area contributed by atoms with Gasteiger partial charge in [0.15, 0.2) is 0 Å². The van der Waals surface area contributed by atoms with Crippen LogP contribution in [0.1, 0.15) is 24.0 Å². The van der Waals surface area contributed by atoms with E-state index in [-0.39, 0.29) is 17.4 Å². The molecule has 0 unspecified atom stereocenters. The maximum atomic E-state index is 11.4. The fraction of sp³-hybridized carbons (Fsp3) is 0.368. The quantitative estimate of drug-likeness (QED) is 0.746. The highest BCUT2D eigenvalue weighted by Crippen LogP contribution is 2.19. The summed E-state index contributed by atoms with van der Waals surface area (Å²) >= 11 is 0. The Bertz CT molecular complexity index is 769. The predicted octanol–water partition coefficient (Wildman–Crippen LogP) is 1.68. The third-order valence-corrected chi connectivity index (χ3v) is 4.60. The van der Waals surface area contributed by atoms with E-state index in [4.69, 9.17) is 5.73 Å². The number of aromatic amines is 1. The van der Waals surface area contributed by atoms with Gasteiger partial charge in [-0.2, -0.15) is 0 Å². The van der Waals surface area contributed by atoms with Gasteiger partial charge in [0.1, 0.15) is 0 Å². The van der Waals surface area contributed by atoms with Crippen LogP contribution in [0.4, 0.5) is 5.69 Å². The lowest BCUT2D eigenvalue weighted by atomic mass is 9.97. The molecule has 1 aromatic heterocycles. The van der Waals surface area contributed by atoms with E-state index in [9.17, 15) is 9.59 Å². The van der Waals surface area contributed by atoms with Gasteiger partial charge < -0.3 is 16.0 Å². The maximum absolute atomic E-state index is 11.4. The molecule has 1 fully saturated rings. The molecule has 1 aromatic carbocycles. The minimum absolute atomic E-state index is 0.0243. The third kappa shape index (κ3) is 4.93. The van der Waals surface area contributed by atoms with Gasteiger partial charge in [-0.1, -0.05) is 12.1 Å². The van der Waals surface area contributed by atoms with Gasteiger partial charge in [-0.05, 0) is 48.7 Å². The number of likely N-dealkylation sites (tertiary alicyclic amines) is 1. The summed E-state index contributed by atoms with van der Waals surface area (Å²) in [5.41, 5.74) is 8.52. The Hall–Kier alpha value is -2.60. The van der Waals surface area contributed by atoms with E-state index in [1.807, 2.05) is 18.2 Å². The molecule has 6 nitrogen and oxygen atoms in total. The molecular weight excluding hydrogens is 316 g/mol. The predicted molar refractivity (Wildman–Crippen MR) is 98.0 cm³/mol. The van der Waals surface area contributed by atoms with Crippen molar-refractivity contribution in [1.29, 1.82) is 0 Å². The molecule has 1 saturated heterocycles. The maximum Gasteiger partial charge on any atom is 0.248 e. The van der Waals surface area contributed by atoms with Gasteiger partial charge in [0.2, 0.25) is 11.5 Å². The number of carbonyl (C=O) groups excluding carboxylic acids is 1. The van der Waals surface area contributed by atoms with Gasteiger partial charge in [0, 0.05) is 37.6 Å². The van der Waals surface area contributed by atoms with Crippen LogP contribution in [0.25, 0.3) is 0 Å². The zero-order chi connectivity index (χ0) is 17.6. The summed E-state index contributed by atoms with van der Waals surface area (Å²) < 4.78 is 0. The van der Waals surface area contributed by atoms with Crippen LogP contribution in [0.3, 0.4) is 0 Å². The van der Waals surface area contributed by atoms with Crippen LogP contribution in [0.5, 0.6) is 0 Å². The first-order valence-corrected chi connectivity index (χ1v) is 8.62. The molecular formula is C19H24N4O2. The van der Waals surface area contributed by atoms with Gasteiger partial charge in [-0.3, -0.25) is 14.5 Å². The SMILES string of the molecule is NC(=O)[C@@H]1CCCN(Cc2ccc(NCc3cc[nH]c(=O)c3)cc2)C1. The minimum atomic E-state index is -0.191. The molecule has 2 aromatic rings. The summed E-state index contributed by atoms with van der Waals surface area (Å²) in [6, 6.07) is 11.7. The fourth-order valence-corrected chi connectivity index (χ4v) is 3.22. The smallest absolute Gasteiger partial charge is 0.248 e. The number of hydrogen-bond acceptors (Lipinski definition) is 4. The third-order valence-electron chi connectivity index (χ3n) is 4.60. The number of H-pyrrole nitrogens is 1. The van der Waals surface area contributed by atoms with Crippen molar-refractivity contribution in [2.75, 3.05) is 18.4 Å². The topological polar surface area (TPSA) is 91.2 Å². The van der Waals surface area contributed by atoms with Crippen LogP contribution in [0, 0.1) is 5.92 Å². The Balaban J connectivity index is 1.53. The summed E-state index contributed by atoms with van der Waals surface area (Å²) in [6.07, 6.45) is 3.57. The number of primary amides is 1. The average molecular weight is 340 g/mol. The highest BCUT2D eigenvalue weighted by molar-refractivity contribution is 5.76. The Kier molecular flexibility index (Phi) is 5.50. The average Bonchev–Trinajstić information content (AvgIpc) is 2.61. The summed E-state index contributed by atoms with van der Waals surface area (Å²) in [5, 5.41) is 3.31. The van der Waals surface area contributed by atoms with Crippen molar-refractivity contribution in [2.45, 2.75) is 25.9 Å². The monoisotopic (exact) mass is 340 g/mol. The number of pyridine rings is 1. The Morgan fingerprint density at radius 1 is 1.24 bits per heavy atom. The van der Waals surface area contributed by atoms with E-state index in [1.165, 1.54) is 5.56 Å². The molecule has 1 aliphatic heterocycles. The van der Waals surface area contributed by atoms with Crippen molar-refractivity contribution >= 4 is 11.6 Å². The lowest BCUT2D eigenvalue weighted by Gasteiger charge is -2.31. The molecule has 25 heavy (non-hydrogen) atoms. The zero-order valence-corrected chi connectivity index (χ0v) is 14.2. The van der Waals surface area contributed by atoms with Crippen molar-refractivity contribution in [3.8, 4) is 0 Å². The number of amides is 1. The lowest BCUT2D eigenvalue weighted by Crippen LogP contribution is -2.40. The fourth-order valence-electron chi connectivity index (χ4n) is 3.22. The Morgan fingerprint density at radius 3 is 2.76 bits per heavy atom. The highest BCUT2D eigenvalue weighted by Gasteiger charge is 2.23. The first kappa shape index (κ1) is 17.2. The van der Waals surface area contributed by atoms with Crippen LogP contribution in [-0.2, 0) is 17.9 Å². The van der Waals surface area contributed by atoms with Crippen LogP contribution >= 0.6 is 0 Å². The molecule has 132 valence electrons. The van der Waals surface area contributed by atoms with E-state index in [1.54, 1.807) is 12.3 Å². The van der Waals surface area contributed by atoms with Crippen molar-refractivity contribution in [1.82, 2.24) is 9.88 Å². The zero-order valence-electron chi connectivity index (χ0n) is 14.2. The van der Waals surface area contributed by atoms with Crippen LogP contribution in [0.15, 0.2) is 47.4 Å². The second-order valence-corrected chi connectivity index (χ2v) is 6.59. The molecule has 0 aliphatic carbocycles. The molecule has 1 aliphatic rings. The van der Waals surface area contributed by atoms with Gasteiger partial charge in [-0.15, -0.1) is 0 Å². The number of nitrogens with one attached hydrogen (secondary N) is 2. The molecule has 2 heterocycles. The minimum Gasteiger partial charge on any atom is -0.381 e. The van der Waals surface area contributed by atoms with E-state index >= 15 is 0 Å². The van der Waals surface area contributed by atoms with Crippen molar-refractivity contribution in [3.63, 3.8) is 0 Å². The molecule has 4 N–H and O–H groups in total. The number of anilines is 1. The van der Waals surface area contributed by atoms with Gasteiger partial charge in [0.25, 0.3) is 0 Å². The highest BCUT2D eigenvalue weighted by atomic mass is 16.1. The molecule has 0 bridgehead atoms. The normalized spacial score (nSPS) is 18.0. The molecule has 0 spiro atoms. The summed E-state index contributed by atoms with van der Waals surface area (Å²) in [6.45, 7) is 3.19. The Labute approximate surface area is 147 Å². The van der Waals surface area contributed by atoms with Crippen molar-refractivity contribution in [3.05, 3.63) is 64.1 Å². The molecule has 0 saturated carbocycles. The van der Waals surface area contributed by atoms with Crippen molar-refractivity contribution < 1.29 is 4.79 Å². The summed E-state index contributed by atoms with van der Waals surface area (Å²) in [4.78, 5) is 27.6. The van der Waals surface area contributed by atoms with E-state index in [0.29, 0.717) is 6.54 Å². The first-order chi connectivity index (χ1) is 12.1. The number of carbonyl (C=O) groups is 1. The van der Waals surface area contributed by atoms with E-state index in [2.05, 4.69) is 27.3 Å². The Morgan fingerprint density at radius 2 is 2.04 bits per heavy atom. The molecule has 1 atom stereocenters. The summed E-state index contributed by atoms with van der Waals surface area (Å²) in [7, 11) is 0. The largest absolute Gasteiger partial charge is 0.381 e. The van der Waals surface area contributed by atoms with Gasteiger partial charge in [-0.25, -0.2) is 0 Å². The second-order valence-electron chi connectivity index (χ2n) is 6.59. The number of nitrogens with zero attached hydrogens (tertiary/aromatic N) is 1. The van der Waals surface area contributed by atoms with Gasteiger partial charge in [0.05, 0.1) is 5.92 Å². The van der Waals surface area contributed by atoms with Crippen LogP contribution in [-0.4, -0.2) is 28.9 Å². The number of aromatic nitrogens is 1. The molecule has 3 rings (SSSR count). The number of rotatable bonds is 6. The van der Waals surface area contributed by atoms with E-state index in [0.717, 1.165) is 43.7 Å². The number of benzene rings is 1. The first-order valence-electron chi connectivity index (χ1n) is 8.62. The molecule has 0 radical (unpaired) electrons. The second kappa shape index (κ2) is 7.98. The van der Waals surface area contributed by atoms with Crippen LogP contribution < -0.4 is 16.6 Å². The lowest BCUT2D eigenvalue weighted by molar-refractivity contribution is -0.123.